The standard InChI is InChI=1S/C11H15N3O3S/c1-3-8-10(16)14(6(2)9(15)13-8)4-7-5-18-11(17)12-7/h5-6,8H,3-4H2,1-2H3,(H,12,17)(H,13,15). The van der Waals surface area contributed by atoms with E-state index in [4.69, 9.17) is 0 Å². The van der Waals surface area contributed by atoms with Gasteiger partial charge in [-0.25, -0.2) is 0 Å². The first kappa shape index (κ1) is 12.8. The molecule has 2 heterocycles. The van der Waals surface area contributed by atoms with Gasteiger partial charge in [-0.15, -0.1) is 0 Å². The van der Waals surface area contributed by atoms with Crippen molar-refractivity contribution in [2.24, 2.45) is 0 Å². The fourth-order valence-electron chi connectivity index (χ4n) is 1.95. The Labute approximate surface area is 108 Å². The number of hydrogen-bond acceptors (Lipinski definition) is 4. The van der Waals surface area contributed by atoms with E-state index < -0.39 is 12.1 Å². The molecule has 2 amide bonds. The van der Waals surface area contributed by atoms with Gasteiger partial charge in [-0.1, -0.05) is 18.3 Å². The van der Waals surface area contributed by atoms with Crippen LogP contribution in [0, 0.1) is 0 Å². The summed E-state index contributed by atoms with van der Waals surface area (Å²) >= 11 is 1.05. The summed E-state index contributed by atoms with van der Waals surface area (Å²) in [7, 11) is 0. The first-order valence-corrected chi connectivity index (χ1v) is 6.68. The Balaban J connectivity index is 2.20. The number of rotatable bonds is 3. The highest BCUT2D eigenvalue weighted by Gasteiger charge is 2.37. The van der Waals surface area contributed by atoms with Gasteiger partial charge in [-0.3, -0.25) is 14.4 Å². The predicted octanol–water partition coefficient (Wildman–Crippen LogP) is 0.0619. The fraction of sp³-hybridized carbons (Fsp3) is 0.545. The van der Waals surface area contributed by atoms with E-state index in [1.165, 1.54) is 4.90 Å². The molecule has 0 aliphatic carbocycles. The van der Waals surface area contributed by atoms with Crippen LogP contribution in [0.4, 0.5) is 0 Å². The van der Waals surface area contributed by atoms with Crippen molar-refractivity contribution in [1.82, 2.24) is 15.2 Å². The zero-order valence-electron chi connectivity index (χ0n) is 10.2. The molecule has 1 aliphatic rings. The van der Waals surface area contributed by atoms with E-state index >= 15 is 0 Å². The minimum atomic E-state index is -0.510. The maximum absolute atomic E-state index is 12.1. The van der Waals surface area contributed by atoms with Crippen LogP contribution in [0.25, 0.3) is 0 Å². The van der Waals surface area contributed by atoms with Crippen LogP contribution in [0.1, 0.15) is 26.0 Å². The summed E-state index contributed by atoms with van der Waals surface area (Å²) in [6.07, 6.45) is 0.563. The van der Waals surface area contributed by atoms with Gasteiger partial charge in [0.25, 0.3) is 0 Å². The van der Waals surface area contributed by atoms with Crippen LogP contribution in [0.2, 0.25) is 0 Å². The molecule has 1 aromatic rings. The summed E-state index contributed by atoms with van der Waals surface area (Å²) < 4.78 is 0. The highest BCUT2D eigenvalue weighted by molar-refractivity contribution is 7.07. The molecule has 2 unspecified atom stereocenters. The Kier molecular flexibility index (Phi) is 3.51. The van der Waals surface area contributed by atoms with Crippen molar-refractivity contribution in [2.75, 3.05) is 0 Å². The predicted molar refractivity (Wildman–Crippen MR) is 67.2 cm³/mol. The van der Waals surface area contributed by atoms with Gasteiger partial charge in [0.1, 0.15) is 12.1 Å². The first-order valence-electron chi connectivity index (χ1n) is 5.80. The lowest BCUT2D eigenvalue weighted by molar-refractivity contribution is -0.149. The number of aromatic nitrogens is 1. The lowest BCUT2D eigenvalue weighted by Crippen LogP contribution is -2.61. The molecule has 1 fully saturated rings. The summed E-state index contributed by atoms with van der Waals surface area (Å²) in [6, 6.07) is -0.970. The number of aromatic amines is 1. The quantitative estimate of drug-likeness (QED) is 0.814. The van der Waals surface area contributed by atoms with Gasteiger partial charge in [-0.05, 0) is 13.3 Å². The molecular weight excluding hydrogens is 254 g/mol. The van der Waals surface area contributed by atoms with Crippen LogP contribution in [0.15, 0.2) is 10.2 Å². The zero-order chi connectivity index (χ0) is 13.3. The minimum absolute atomic E-state index is 0.100. The van der Waals surface area contributed by atoms with E-state index in [2.05, 4.69) is 10.3 Å². The third-order valence-electron chi connectivity index (χ3n) is 3.06. The molecule has 0 aromatic carbocycles. The van der Waals surface area contributed by atoms with Gasteiger partial charge < -0.3 is 15.2 Å². The average molecular weight is 269 g/mol. The molecule has 7 heteroatoms. The van der Waals surface area contributed by atoms with Gasteiger partial charge in [0.05, 0.1) is 6.54 Å². The summed E-state index contributed by atoms with van der Waals surface area (Å²) in [5.74, 6) is -0.254. The van der Waals surface area contributed by atoms with Crippen LogP contribution < -0.4 is 10.2 Å². The van der Waals surface area contributed by atoms with Crippen molar-refractivity contribution in [3.63, 3.8) is 0 Å². The summed E-state index contributed by atoms with van der Waals surface area (Å²) in [6.45, 7) is 3.80. The van der Waals surface area contributed by atoms with E-state index in [1.54, 1.807) is 12.3 Å². The Morgan fingerprint density at radius 2 is 2.11 bits per heavy atom. The summed E-state index contributed by atoms with van der Waals surface area (Å²) in [4.78, 5) is 38.9. The van der Waals surface area contributed by atoms with E-state index in [0.29, 0.717) is 12.1 Å². The molecule has 2 atom stereocenters. The second-order valence-electron chi connectivity index (χ2n) is 4.28. The van der Waals surface area contributed by atoms with Crippen molar-refractivity contribution >= 4 is 23.2 Å². The Hall–Kier alpha value is -1.63. The number of hydrogen-bond donors (Lipinski definition) is 2. The number of nitrogens with zero attached hydrogens (tertiary/aromatic N) is 1. The van der Waals surface area contributed by atoms with Crippen molar-refractivity contribution < 1.29 is 9.59 Å². The molecule has 0 bridgehead atoms. The number of thiazole rings is 1. The smallest absolute Gasteiger partial charge is 0.304 e. The molecule has 1 saturated heterocycles. The molecule has 2 N–H and O–H groups in total. The van der Waals surface area contributed by atoms with Gasteiger partial charge in [-0.2, -0.15) is 0 Å². The first-order chi connectivity index (χ1) is 8.52. The molecular formula is C11H15N3O3S. The van der Waals surface area contributed by atoms with E-state index in [0.717, 1.165) is 11.3 Å². The normalized spacial score (nSPS) is 24.2. The molecule has 1 aliphatic heterocycles. The lowest BCUT2D eigenvalue weighted by Gasteiger charge is -2.36. The maximum atomic E-state index is 12.1. The molecule has 0 spiro atoms. The fourth-order valence-corrected chi connectivity index (χ4v) is 2.53. The number of H-pyrrole nitrogens is 1. The number of carbonyl (C=O) groups is 2. The third-order valence-corrected chi connectivity index (χ3v) is 3.78. The number of amides is 2. The highest BCUT2D eigenvalue weighted by atomic mass is 32.1. The van der Waals surface area contributed by atoms with Crippen molar-refractivity contribution in [2.45, 2.75) is 38.9 Å². The van der Waals surface area contributed by atoms with Crippen LogP contribution in [0.5, 0.6) is 0 Å². The second kappa shape index (κ2) is 4.93. The van der Waals surface area contributed by atoms with Gasteiger partial charge in [0, 0.05) is 11.1 Å². The van der Waals surface area contributed by atoms with Crippen molar-refractivity contribution in [3.05, 3.63) is 20.7 Å². The largest absolute Gasteiger partial charge is 0.343 e. The zero-order valence-corrected chi connectivity index (χ0v) is 11.0. The topological polar surface area (TPSA) is 82.3 Å². The van der Waals surface area contributed by atoms with Crippen LogP contribution in [0.3, 0.4) is 0 Å². The maximum Gasteiger partial charge on any atom is 0.304 e. The molecule has 18 heavy (non-hydrogen) atoms. The average Bonchev–Trinajstić information content (AvgIpc) is 2.75. The highest BCUT2D eigenvalue weighted by Crippen LogP contribution is 2.15. The Bertz CT molecular complexity index is 522. The summed E-state index contributed by atoms with van der Waals surface area (Å²) in [5.41, 5.74) is 0.662. The Morgan fingerprint density at radius 1 is 1.39 bits per heavy atom. The SMILES string of the molecule is CCC1NC(=O)C(C)N(Cc2csc(=O)[nH]2)C1=O. The second-order valence-corrected chi connectivity index (χ2v) is 5.13. The van der Waals surface area contributed by atoms with Gasteiger partial charge in [0.15, 0.2) is 0 Å². The lowest BCUT2D eigenvalue weighted by atomic mass is 10.1. The van der Waals surface area contributed by atoms with Gasteiger partial charge >= 0.3 is 4.87 Å². The van der Waals surface area contributed by atoms with Crippen LogP contribution in [-0.2, 0) is 16.1 Å². The summed E-state index contributed by atoms with van der Waals surface area (Å²) in [5, 5.41) is 4.36. The van der Waals surface area contributed by atoms with E-state index in [9.17, 15) is 14.4 Å². The van der Waals surface area contributed by atoms with E-state index in [-0.39, 0.29) is 23.2 Å². The van der Waals surface area contributed by atoms with Crippen molar-refractivity contribution in [1.29, 1.82) is 0 Å². The molecule has 0 radical (unpaired) electrons. The molecule has 1 aromatic heterocycles. The molecule has 98 valence electrons. The monoisotopic (exact) mass is 269 g/mol. The van der Waals surface area contributed by atoms with Crippen LogP contribution in [-0.4, -0.2) is 33.8 Å². The molecule has 2 rings (SSSR count). The van der Waals surface area contributed by atoms with E-state index in [1.807, 2.05) is 6.92 Å². The third kappa shape index (κ3) is 2.31. The minimum Gasteiger partial charge on any atom is -0.343 e. The molecule has 0 saturated carbocycles. The number of carbonyl (C=O) groups excluding carboxylic acids is 2. The van der Waals surface area contributed by atoms with Crippen LogP contribution >= 0.6 is 11.3 Å². The number of nitrogens with one attached hydrogen (secondary N) is 2. The van der Waals surface area contributed by atoms with Gasteiger partial charge in [0.2, 0.25) is 11.8 Å². The number of piperazine rings is 1. The van der Waals surface area contributed by atoms with Crippen molar-refractivity contribution in [3.8, 4) is 0 Å². The molecule has 6 nitrogen and oxygen atoms in total. The Morgan fingerprint density at radius 3 is 2.67 bits per heavy atom.